The minimum absolute atomic E-state index is 0.687. The number of hydrogen-bond donors (Lipinski definition) is 0. The lowest BCUT2D eigenvalue weighted by Crippen LogP contribution is -2.04. The standard InChI is InChI=1S/C48H32N4/c1-3-14-32(15-4-1)47-38-20-9-11-21-41(38)49-48(50-47)52-44-27-25-34(30-40(44)46-36-18-8-7-13-31(36)23-28-45(46)52)33-24-26-43-39(29-33)37-19-10-12-22-42(37)51(43)35-16-5-2-6-17-35/h1-7,9-17,19-30H,8,18H2. The summed E-state index contributed by atoms with van der Waals surface area (Å²) in [7, 11) is 0. The van der Waals surface area contributed by atoms with E-state index in [4.69, 9.17) is 9.97 Å². The number of rotatable bonds is 4. The van der Waals surface area contributed by atoms with Gasteiger partial charge in [-0.1, -0.05) is 115 Å². The van der Waals surface area contributed by atoms with Gasteiger partial charge < -0.3 is 4.57 Å². The molecule has 0 fully saturated rings. The third-order valence-corrected chi connectivity index (χ3v) is 10.8. The summed E-state index contributed by atoms with van der Waals surface area (Å²) in [6.07, 6.45) is 6.61. The van der Waals surface area contributed by atoms with Gasteiger partial charge >= 0.3 is 0 Å². The monoisotopic (exact) mass is 664 g/mol. The first kappa shape index (κ1) is 29.0. The van der Waals surface area contributed by atoms with E-state index >= 15 is 0 Å². The van der Waals surface area contributed by atoms with E-state index in [1.165, 1.54) is 60.5 Å². The highest BCUT2D eigenvalue weighted by molar-refractivity contribution is 6.14. The number of aromatic nitrogens is 4. The molecule has 1 aliphatic rings. The molecule has 0 aliphatic heterocycles. The molecule has 0 N–H and O–H groups in total. The van der Waals surface area contributed by atoms with E-state index in [9.17, 15) is 0 Å². The third-order valence-electron chi connectivity index (χ3n) is 10.8. The average Bonchev–Trinajstić information content (AvgIpc) is 3.73. The van der Waals surface area contributed by atoms with E-state index in [1.807, 2.05) is 0 Å². The van der Waals surface area contributed by atoms with Gasteiger partial charge in [-0.3, -0.25) is 4.57 Å². The van der Waals surface area contributed by atoms with Gasteiger partial charge in [0.2, 0.25) is 5.95 Å². The van der Waals surface area contributed by atoms with Crippen LogP contribution in [-0.2, 0) is 6.42 Å². The summed E-state index contributed by atoms with van der Waals surface area (Å²) in [5.41, 5.74) is 13.9. The molecule has 0 spiro atoms. The molecule has 0 atom stereocenters. The molecule has 3 heterocycles. The summed E-state index contributed by atoms with van der Waals surface area (Å²) in [6.45, 7) is 0. The van der Waals surface area contributed by atoms with Crippen molar-refractivity contribution < 1.29 is 0 Å². The van der Waals surface area contributed by atoms with Crippen LogP contribution in [-0.4, -0.2) is 19.1 Å². The normalized spacial score (nSPS) is 12.8. The molecular weight excluding hydrogens is 633 g/mol. The molecule has 4 heteroatoms. The van der Waals surface area contributed by atoms with Crippen molar-refractivity contribution >= 4 is 60.6 Å². The number of allylic oxidation sites excluding steroid dienone is 1. The van der Waals surface area contributed by atoms with Crippen LogP contribution in [0.15, 0.2) is 164 Å². The van der Waals surface area contributed by atoms with Crippen molar-refractivity contribution in [1.82, 2.24) is 19.1 Å². The first-order valence-electron chi connectivity index (χ1n) is 18.0. The van der Waals surface area contributed by atoms with Crippen LogP contribution < -0.4 is 0 Å². The van der Waals surface area contributed by atoms with Crippen LogP contribution in [0.3, 0.4) is 0 Å². The van der Waals surface area contributed by atoms with Crippen molar-refractivity contribution in [2.24, 2.45) is 0 Å². The Morgan fingerprint density at radius 1 is 0.462 bits per heavy atom. The van der Waals surface area contributed by atoms with Crippen LogP contribution in [0.5, 0.6) is 0 Å². The molecule has 4 nitrogen and oxygen atoms in total. The van der Waals surface area contributed by atoms with E-state index in [-0.39, 0.29) is 0 Å². The summed E-state index contributed by atoms with van der Waals surface area (Å²) >= 11 is 0. The Bertz CT molecular complexity index is 3060. The number of nitrogens with zero attached hydrogens (tertiary/aromatic N) is 4. The summed E-state index contributed by atoms with van der Waals surface area (Å²) in [4.78, 5) is 10.6. The quantitative estimate of drug-likeness (QED) is 0.188. The van der Waals surface area contributed by atoms with Crippen LogP contribution in [0.4, 0.5) is 0 Å². The number of para-hydroxylation sites is 3. The molecule has 0 bridgehead atoms. The fourth-order valence-electron chi connectivity index (χ4n) is 8.45. The Balaban J connectivity index is 1.16. The minimum Gasteiger partial charge on any atom is -0.309 e. The van der Waals surface area contributed by atoms with Crippen LogP contribution in [0.2, 0.25) is 0 Å². The maximum Gasteiger partial charge on any atom is 0.235 e. The Morgan fingerprint density at radius 3 is 1.94 bits per heavy atom. The number of fused-ring (bicyclic) bond motifs is 9. The maximum absolute atomic E-state index is 5.33. The highest BCUT2D eigenvalue weighted by Crippen LogP contribution is 2.41. The van der Waals surface area contributed by atoms with Gasteiger partial charge in [-0.05, 0) is 89.7 Å². The third kappa shape index (κ3) is 4.34. The highest BCUT2D eigenvalue weighted by atomic mass is 15.2. The molecule has 244 valence electrons. The fourth-order valence-corrected chi connectivity index (χ4v) is 8.45. The van der Waals surface area contributed by atoms with Crippen molar-refractivity contribution in [3.63, 3.8) is 0 Å². The molecule has 1 aliphatic carbocycles. The zero-order valence-electron chi connectivity index (χ0n) is 28.4. The lowest BCUT2D eigenvalue weighted by Gasteiger charge is -2.14. The highest BCUT2D eigenvalue weighted by Gasteiger charge is 2.22. The minimum atomic E-state index is 0.687. The first-order valence-corrected chi connectivity index (χ1v) is 18.0. The average molecular weight is 665 g/mol. The predicted octanol–water partition coefficient (Wildman–Crippen LogP) is 12.1. The Morgan fingerprint density at radius 2 is 1.12 bits per heavy atom. The molecule has 0 radical (unpaired) electrons. The molecule has 52 heavy (non-hydrogen) atoms. The van der Waals surface area contributed by atoms with Crippen LogP contribution >= 0.6 is 0 Å². The van der Waals surface area contributed by atoms with Gasteiger partial charge in [0.15, 0.2) is 0 Å². The SMILES string of the molecule is C1=Cc2ccc3c(c2CC1)c1cc(-c2ccc4c(c2)c2ccccc2n4-c2ccccc2)ccc1n3-c1nc(-c2ccccc2)c2ccccc2n1. The first-order chi connectivity index (χ1) is 25.8. The predicted molar refractivity (Wildman–Crippen MR) is 216 cm³/mol. The Labute approximate surface area is 300 Å². The van der Waals surface area contributed by atoms with Crippen molar-refractivity contribution in [3.8, 4) is 34.0 Å². The van der Waals surface area contributed by atoms with Gasteiger partial charge in [0.1, 0.15) is 0 Å². The second-order valence-corrected chi connectivity index (χ2v) is 13.7. The summed E-state index contributed by atoms with van der Waals surface area (Å²) in [5.74, 6) is 0.687. The summed E-state index contributed by atoms with van der Waals surface area (Å²) in [6, 6.07) is 56.6. The van der Waals surface area contributed by atoms with Gasteiger partial charge in [0.25, 0.3) is 0 Å². The molecule has 11 rings (SSSR count). The van der Waals surface area contributed by atoms with Crippen LogP contribution in [0.1, 0.15) is 17.5 Å². The number of aryl methyl sites for hydroxylation is 1. The largest absolute Gasteiger partial charge is 0.309 e. The molecule has 0 saturated carbocycles. The van der Waals surface area contributed by atoms with Gasteiger partial charge in [-0.25, -0.2) is 9.97 Å². The fraction of sp³-hybridized carbons (Fsp3) is 0.0417. The van der Waals surface area contributed by atoms with Gasteiger partial charge in [-0.15, -0.1) is 0 Å². The van der Waals surface area contributed by atoms with E-state index < -0.39 is 0 Å². The van der Waals surface area contributed by atoms with E-state index in [0.717, 1.165) is 46.0 Å². The lowest BCUT2D eigenvalue weighted by atomic mass is 9.92. The van der Waals surface area contributed by atoms with Crippen molar-refractivity contribution in [3.05, 3.63) is 175 Å². The molecule has 0 saturated heterocycles. The zero-order valence-corrected chi connectivity index (χ0v) is 28.4. The van der Waals surface area contributed by atoms with E-state index in [2.05, 4.69) is 179 Å². The van der Waals surface area contributed by atoms with Gasteiger partial charge in [0, 0.05) is 38.2 Å². The zero-order chi connectivity index (χ0) is 34.2. The molecule has 3 aromatic heterocycles. The van der Waals surface area contributed by atoms with Crippen molar-refractivity contribution in [2.45, 2.75) is 12.8 Å². The molecular formula is C48H32N4. The van der Waals surface area contributed by atoms with Crippen molar-refractivity contribution in [1.29, 1.82) is 0 Å². The number of benzene rings is 7. The van der Waals surface area contributed by atoms with Crippen LogP contribution in [0, 0.1) is 0 Å². The Kier molecular flexibility index (Phi) is 6.34. The summed E-state index contributed by atoms with van der Waals surface area (Å²) < 4.78 is 4.65. The smallest absolute Gasteiger partial charge is 0.235 e. The molecule has 0 unspecified atom stereocenters. The number of hydrogen-bond acceptors (Lipinski definition) is 2. The lowest BCUT2D eigenvalue weighted by molar-refractivity contribution is 0.992. The van der Waals surface area contributed by atoms with E-state index in [1.54, 1.807) is 0 Å². The Hall–Kier alpha value is -6.78. The maximum atomic E-state index is 5.33. The van der Waals surface area contributed by atoms with Gasteiger partial charge in [0.05, 0.1) is 33.3 Å². The van der Waals surface area contributed by atoms with E-state index in [0.29, 0.717) is 5.95 Å². The molecule has 7 aromatic carbocycles. The second kappa shape index (κ2) is 11.4. The van der Waals surface area contributed by atoms with Crippen molar-refractivity contribution in [2.75, 3.05) is 0 Å². The van der Waals surface area contributed by atoms with Gasteiger partial charge in [-0.2, -0.15) is 0 Å². The molecule has 10 aromatic rings. The second-order valence-electron chi connectivity index (χ2n) is 13.7. The summed E-state index contributed by atoms with van der Waals surface area (Å²) in [5, 5.41) is 6.07. The van der Waals surface area contributed by atoms with Crippen LogP contribution in [0.25, 0.3) is 94.6 Å². The molecule has 0 amide bonds. The topological polar surface area (TPSA) is 35.6 Å².